The van der Waals surface area contributed by atoms with E-state index in [0.29, 0.717) is 17.9 Å². The molecule has 0 aliphatic carbocycles. The maximum absolute atomic E-state index is 12.7. The molecule has 2 heterocycles. The van der Waals surface area contributed by atoms with E-state index in [4.69, 9.17) is 0 Å². The number of rotatable bonds is 3. The topological polar surface area (TPSA) is 50.5 Å². The molecule has 106 valence electrons. The van der Waals surface area contributed by atoms with Gasteiger partial charge in [0.1, 0.15) is 5.69 Å². The van der Waals surface area contributed by atoms with E-state index in [1.54, 1.807) is 27.7 Å². The van der Waals surface area contributed by atoms with Gasteiger partial charge in [-0.2, -0.15) is 5.10 Å². The van der Waals surface area contributed by atoms with Crippen molar-refractivity contribution in [1.29, 1.82) is 0 Å². The summed E-state index contributed by atoms with van der Waals surface area (Å²) in [5.74, 6) is -0.101. The molecule has 21 heavy (non-hydrogen) atoms. The summed E-state index contributed by atoms with van der Waals surface area (Å²) in [6.45, 7) is 4.46. The van der Waals surface area contributed by atoms with Crippen molar-refractivity contribution in [2.45, 2.75) is 13.8 Å². The zero-order valence-corrected chi connectivity index (χ0v) is 12.0. The van der Waals surface area contributed by atoms with E-state index in [2.05, 4.69) is 10.1 Å². The van der Waals surface area contributed by atoms with Gasteiger partial charge >= 0.3 is 0 Å². The quantitative estimate of drug-likeness (QED) is 0.741. The Bertz CT molecular complexity index is 779. The van der Waals surface area contributed by atoms with Gasteiger partial charge in [-0.15, -0.1) is 0 Å². The molecule has 1 aromatic carbocycles. The van der Waals surface area contributed by atoms with Crippen LogP contribution in [0.3, 0.4) is 0 Å². The minimum atomic E-state index is -0.101. The predicted octanol–water partition coefficient (Wildman–Crippen LogP) is 2.70. The van der Waals surface area contributed by atoms with E-state index in [1.165, 1.54) is 0 Å². The summed E-state index contributed by atoms with van der Waals surface area (Å²) in [5.41, 5.74) is 2.88. The molecule has 1 amide bonds. The van der Waals surface area contributed by atoms with Crippen molar-refractivity contribution in [3.8, 4) is 0 Å². The van der Waals surface area contributed by atoms with Gasteiger partial charge in [0.2, 0.25) is 0 Å². The lowest BCUT2D eigenvalue weighted by atomic mass is 10.2. The van der Waals surface area contributed by atoms with Crippen molar-refractivity contribution >= 4 is 17.2 Å². The van der Waals surface area contributed by atoms with Crippen molar-refractivity contribution in [3.05, 3.63) is 60.0 Å². The number of anilines is 1. The SMILES string of the molecule is CCN(C(=O)c1cc(C)n2nccc2n1)c1ccccc1. The molecule has 3 aromatic rings. The summed E-state index contributed by atoms with van der Waals surface area (Å²) in [6, 6.07) is 13.2. The molecule has 0 aliphatic rings. The average molecular weight is 280 g/mol. The van der Waals surface area contributed by atoms with Gasteiger partial charge in [0.05, 0.1) is 6.20 Å². The molecule has 5 heteroatoms. The summed E-state index contributed by atoms with van der Waals surface area (Å²) < 4.78 is 1.72. The van der Waals surface area contributed by atoms with Crippen molar-refractivity contribution in [1.82, 2.24) is 14.6 Å². The predicted molar refractivity (Wildman–Crippen MR) is 81.5 cm³/mol. The Labute approximate surface area is 122 Å². The van der Waals surface area contributed by atoms with Gasteiger partial charge in [0.25, 0.3) is 5.91 Å². The number of hydrogen-bond donors (Lipinski definition) is 0. The number of aryl methyl sites for hydroxylation is 1. The number of carbonyl (C=O) groups excluding carboxylic acids is 1. The number of nitrogens with zero attached hydrogens (tertiary/aromatic N) is 4. The molecule has 5 nitrogen and oxygen atoms in total. The van der Waals surface area contributed by atoms with Crippen LogP contribution < -0.4 is 4.90 Å². The first kappa shape index (κ1) is 13.3. The second kappa shape index (κ2) is 5.36. The monoisotopic (exact) mass is 280 g/mol. The van der Waals surface area contributed by atoms with Gasteiger partial charge < -0.3 is 4.90 Å². The minimum absolute atomic E-state index is 0.101. The maximum atomic E-state index is 12.7. The summed E-state index contributed by atoms with van der Waals surface area (Å²) in [7, 11) is 0. The van der Waals surface area contributed by atoms with Crippen molar-refractivity contribution in [3.63, 3.8) is 0 Å². The second-order valence-electron chi connectivity index (χ2n) is 4.77. The maximum Gasteiger partial charge on any atom is 0.277 e. The highest BCUT2D eigenvalue weighted by molar-refractivity contribution is 6.05. The second-order valence-corrected chi connectivity index (χ2v) is 4.77. The fourth-order valence-electron chi connectivity index (χ4n) is 2.37. The first-order chi connectivity index (χ1) is 10.2. The van der Waals surface area contributed by atoms with Crippen molar-refractivity contribution in [2.24, 2.45) is 0 Å². The van der Waals surface area contributed by atoms with E-state index in [-0.39, 0.29) is 5.91 Å². The number of para-hydroxylation sites is 1. The third-order valence-electron chi connectivity index (χ3n) is 3.39. The molecular formula is C16H16N4O. The van der Waals surface area contributed by atoms with Gasteiger partial charge in [-0.25, -0.2) is 9.50 Å². The van der Waals surface area contributed by atoms with Crippen LogP contribution in [0, 0.1) is 6.92 Å². The van der Waals surface area contributed by atoms with Gasteiger partial charge in [-0.05, 0) is 32.0 Å². The largest absolute Gasteiger partial charge is 0.307 e. The van der Waals surface area contributed by atoms with Crippen LogP contribution in [-0.2, 0) is 0 Å². The van der Waals surface area contributed by atoms with E-state index in [1.807, 2.05) is 44.2 Å². The number of carbonyl (C=O) groups is 1. The molecule has 2 aromatic heterocycles. The standard InChI is InChI=1S/C16H16N4O/c1-3-19(13-7-5-4-6-8-13)16(21)14-11-12(2)20-15(18-14)9-10-17-20/h4-11H,3H2,1-2H3. The third kappa shape index (κ3) is 2.38. The number of amides is 1. The molecule has 0 unspecified atom stereocenters. The Balaban J connectivity index is 2.02. The average Bonchev–Trinajstić information content (AvgIpc) is 2.98. The van der Waals surface area contributed by atoms with Crippen LogP contribution in [0.1, 0.15) is 23.1 Å². The van der Waals surface area contributed by atoms with Crippen LogP contribution in [0.25, 0.3) is 5.65 Å². The van der Waals surface area contributed by atoms with Crippen LogP contribution in [0.15, 0.2) is 48.7 Å². The molecule has 0 fully saturated rings. The Morgan fingerprint density at radius 3 is 2.71 bits per heavy atom. The Hall–Kier alpha value is -2.69. The normalized spacial score (nSPS) is 10.8. The summed E-state index contributed by atoms with van der Waals surface area (Å²) in [5, 5.41) is 4.17. The van der Waals surface area contributed by atoms with Crippen LogP contribution in [0.5, 0.6) is 0 Å². The van der Waals surface area contributed by atoms with E-state index in [0.717, 1.165) is 11.4 Å². The number of benzene rings is 1. The minimum Gasteiger partial charge on any atom is -0.307 e. The smallest absolute Gasteiger partial charge is 0.277 e. The number of hydrogen-bond acceptors (Lipinski definition) is 3. The molecule has 3 rings (SSSR count). The Morgan fingerprint density at radius 1 is 1.24 bits per heavy atom. The van der Waals surface area contributed by atoms with E-state index >= 15 is 0 Å². The lowest BCUT2D eigenvalue weighted by Gasteiger charge is -2.20. The van der Waals surface area contributed by atoms with Crippen LogP contribution >= 0.6 is 0 Å². The molecule has 0 bridgehead atoms. The highest BCUT2D eigenvalue weighted by atomic mass is 16.2. The van der Waals surface area contributed by atoms with Crippen molar-refractivity contribution in [2.75, 3.05) is 11.4 Å². The zero-order valence-electron chi connectivity index (χ0n) is 12.0. The Morgan fingerprint density at radius 2 is 2.00 bits per heavy atom. The zero-order chi connectivity index (χ0) is 14.8. The van der Waals surface area contributed by atoms with E-state index in [9.17, 15) is 4.79 Å². The molecule has 0 spiro atoms. The highest BCUT2D eigenvalue weighted by Gasteiger charge is 2.18. The van der Waals surface area contributed by atoms with Gasteiger partial charge in [0.15, 0.2) is 5.65 Å². The number of aromatic nitrogens is 3. The van der Waals surface area contributed by atoms with Crippen molar-refractivity contribution < 1.29 is 4.79 Å². The van der Waals surface area contributed by atoms with Crippen LogP contribution in [0.4, 0.5) is 5.69 Å². The number of fused-ring (bicyclic) bond motifs is 1. The van der Waals surface area contributed by atoms with E-state index < -0.39 is 0 Å². The summed E-state index contributed by atoms with van der Waals surface area (Å²) >= 11 is 0. The lowest BCUT2D eigenvalue weighted by molar-refractivity contribution is 0.0983. The Kier molecular flexibility index (Phi) is 3.39. The fraction of sp³-hybridized carbons (Fsp3) is 0.188. The molecular weight excluding hydrogens is 264 g/mol. The third-order valence-corrected chi connectivity index (χ3v) is 3.39. The van der Waals surface area contributed by atoms with Crippen LogP contribution in [0.2, 0.25) is 0 Å². The molecule has 0 saturated carbocycles. The molecule has 0 atom stereocenters. The van der Waals surface area contributed by atoms with Crippen LogP contribution in [-0.4, -0.2) is 27.0 Å². The summed E-state index contributed by atoms with van der Waals surface area (Å²) in [4.78, 5) is 18.8. The van der Waals surface area contributed by atoms with Gasteiger partial charge in [-0.1, -0.05) is 18.2 Å². The van der Waals surface area contributed by atoms with Gasteiger partial charge in [0, 0.05) is 24.0 Å². The fourth-order valence-corrected chi connectivity index (χ4v) is 2.37. The molecule has 0 aliphatic heterocycles. The first-order valence-electron chi connectivity index (χ1n) is 6.89. The lowest BCUT2D eigenvalue weighted by Crippen LogP contribution is -2.31. The van der Waals surface area contributed by atoms with Gasteiger partial charge in [-0.3, -0.25) is 4.79 Å². The highest BCUT2D eigenvalue weighted by Crippen LogP contribution is 2.17. The molecule has 0 radical (unpaired) electrons. The molecule has 0 saturated heterocycles. The molecule has 0 N–H and O–H groups in total. The first-order valence-corrected chi connectivity index (χ1v) is 6.89. The summed E-state index contributed by atoms with van der Waals surface area (Å²) in [6.07, 6.45) is 1.68.